The Morgan fingerprint density at radius 1 is 0.892 bits per heavy atom. The number of H-pyrrole nitrogens is 1. The number of fused-ring (bicyclic) bond motifs is 1. The Bertz CT molecular complexity index is 1270. The van der Waals surface area contributed by atoms with Gasteiger partial charge in [-0.15, -0.1) is 0 Å². The van der Waals surface area contributed by atoms with Gasteiger partial charge in [-0.2, -0.15) is 0 Å². The SMILES string of the molecule is CN1CCN(C(=O)c2ccc(-c3ccc4cc(C(=O)NCCNC(=O)OC(C)(C)C)[nH]c4c3)cc2)CC1. The average Bonchev–Trinajstić information content (AvgIpc) is 3.29. The van der Waals surface area contributed by atoms with Crippen molar-refractivity contribution >= 4 is 28.8 Å². The standard InChI is InChI=1S/C28H35N5O4/c1-28(2,3)37-27(36)30-12-11-29-25(34)24-18-22-10-9-21(17-23(22)31-24)19-5-7-20(8-6-19)26(35)33-15-13-32(4)14-16-33/h5-10,17-18,31H,11-16H2,1-4H3,(H,29,34)(H,30,36). The number of nitrogens with one attached hydrogen (secondary N) is 3. The summed E-state index contributed by atoms with van der Waals surface area (Å²) in [5.74, 6) is -0.188. The van der Waals surface area contributed by atoms with Crippen LogP contribution >= 0.6 is 0 Å². The molecule has 196 valence electrons. The topological polar surface area (TPSA) is 107 Å². The summed E-state index contributed by atoms with van der Waals surface area (Å²) in [6.07, 6.45) is -0.517. The Hall–Kier alpha value is -3.85. The van der Waals surface area contributed by atoms with E-state index in [1.807, 2.05) is 47.4 Å². The maximum Gasteiger partial charge on any atom is 0.407 e. The summed E-state index contributed by atoms with van der Waals surface area (Å²) in [6, 6.07) is 15.4. The summed E-state index contributed by atoms with van der Waals surface area (Å²) in [7, 11) is 2.07. The van der Waals surface area contributed by atoms with Crippen LogP contribution in [0.3, 0.4) is 0 Å². The lowest BCUT2D eigenvalue weighted by atomic mass is 10.0. The quantitative estimate of drug-likeness (QED) is 0.445. The minimum atomic E-state index is -0.569. The van der Waals surface area contributed by atoms with E-state index < -0.39 is 11.7 Å². The highest BCUT2D eigenvalue weighted by atomic mass is 16.6. The van der Waals surface area contributed by atoms with Crippen molar-refractivity contribution in [2.45, 2.75) is 26.4 Å². The molecule has 2 aromatic carbocycles. The first-order chi connectivity index (χ1) is 17.6. The van der Waals surface area contributed by atoms with Crippen LogP contribution in [0.15, 0.2) is 48.5 Å². The van der Waals surface area contributed by atoms with Gasteiger partial charge in [-0.3, -0.25) is 9.59 Å². The van der Waals surface area contributed by atoms with Crippen LogP contribution < -0.4 is 10.6 Å². The summed E-state index contributed by atoms with van der Waals surface area (Å²) >= 11 is 0. The molecule has 9 heteroatoms. The van der Waals surface area contributed by atoms with E-state index in [1.54, 1.807) is 26.8 Å². The fraction of sp³-hybridized carbons (Fsp3) is 0.393. The predicted molar refractivity (Wildman–Crippen MR) is 144 cm³/mol. The normalized spacial score (nSPS) is 14.4. The number of hydrogen-bond donors (Lipinski definition) is 3. The first kappa shape index (κ1) is 26.2. The summed E-state index contributed by atoms with van der Waals surface area (Å²) in [5.41, 5.74) is 3.38. The first-order valence-corrected chi connectivity index (χ1v) is 12.6. The van der Waals surface area contributed by atoms with E-state index >= 15 is 0 Å². The molecule has 0 bridgehead atoms. The van der Waals surface area contributed by atoms with Gasteiger partial charge < -0.3 is 30.2 Å². The minimum Gasteiger partial charge on any atom is -0.444 e. The Morgan fingerprint density at radius 2 is 1.54 bits per heavy atom. The number of rotatable bonds is 6. The number of piperazine rings is 1. The zero-order valence-electron chi connectivity index (χ0n) is 21.9. The van der Waals surface area contributed by atoms with Crippen molar-refractivity contribution in [3.8, 4) is 11.1 Å². The summed E-state index contributed by atoms with van der Waals surface area (Å²) < 4.78 is 5.18. The van der Waals surface area contributed by atoms with E-state index in [-0.39, 0.29) is 24.9 Å². The van der Waals surface area contributed by atoms with Gasteiger partial charge in [-0.1, -0.05) is 24.3 Å². The third kappa shape index (κ3) is 6.89. The van der Waals surface area contributed by atoms with Gasteiger partial charge in [0, 0.05) is 55.7 Å². The number of carbonyl (C=O) groups is 3. The molecule has 0 atom stereocenters. The lowest BCUT2D eigenvalue weighted by molar-refractivity contribution is 0.0526. The van der Waals surface area contributed by atoms with Crippen molar-refractivity contribution in [3.05, 3.63) is 59.8 Å². The molecule has 1 aliphatic rings. The molecule has 0 spiro atoms. The van der Waals surface area contributed by atoms with Crippen LogP contribution in [0.1, 0.15) is 41.6 Å². The highest BCUT2D eigenvalue weighted by Gasteiger charge is 2.20. The second kappa shape index (κ2) is 11.0. The number of alkyl carbamates (subject to hydrolysis) is 1. The number of benzene rings is 2. The molecule has 3 amide bonds. The Kier molecular flexibility index (Phi) is 7.83. The fourth-order valence-corrected chi connectivity index (χ4v) is 4.18. The van der Waals surface area contributed by atoms with E-state index in [0.29, 0.717) is 11.3 Å². The molecule has 1 aliphatic heterocycles. The molecular weight excluding hydrogens is 470 g/mol. The number of aromatic amines is 1. The van der Waals surface area contributed by atoms with Gasteiger partial charge in [-0.25, -0.2) is 4.79 Å². The largest absolute Gasteiger partial charge is 0.444 e. The molecule has 0 unspecified atom stereocenters. The predicted octanol–water partition coefficient (Wildman–Crippen LogP) is 3.48. The molecule has 1 saturated heterocycles. The molecular formula is C28H35N5O4. The van der Waals surface area contributed by atoms with Gasteiger partial charge in [0.05, 0.1) is 0 Å². The van der Waals surface area contributed by atoms with Crippen molar-refractivity contribution in [1.29, 1.82) is 0 Å². The number of aromatic nitrogens is 1. The van der Waals surface area contributed by atoms with E-state index in [0.717, 1.165) is 48.2 Å². The number of carbonyl (C=O) groups excluding carboxylic acids is 3. The van der Waals surface area contributed by atoms with Gasteiger partial charge in [0.2, 0.25) is 0 Å². The Labute approximate surface area is 217 Å². The van der Waals surface area contributed by atoms with Crippen molar-refractivity contribution in [2.24, 2.45) is 0 Å². The molecule has 0 saturated carbocycles. The molecule has 1 aromatic heterocycles. The monoisotopic (exact) mass is 505 g/mol. The number of hydrogen-bond acceptors (Lipinski definition) is 5. The van der Waals surface area contributed by atoms with Crippen LogP contribution in [0, 0.1) is 0 Å². The molecule has 0 aliphatic carbocycles. The molecule has 1 fully saturated rings. The Balaban J connectivity index is 1.35. The van der Waals surface area contributed by atoms with E-state index in [1.165, 1.54) is 0 Å². The molecule has 3 aromatic rings. The van der Waals surface area contributed by atoms with Crippen LogP contribution in [0.5, 0.6) is 0 Å². The van der Waals surface area contributed by atoms with E-state index in [9.17, 15) is 14.4 Å². The van der Waals surface area contributed by atoms with Gasteiger partial charge >= 0.3 is 6.09 Å². The van der Waals surface area contributed by atoms with Crippen LogP contribution in [-0.2, 0) is 4.74 Å². The lowest BCUT2D eigenvalue weighted by Gasteiger charge is -2.32. The molecule has 2 heterocycles. The average molecular weight is 506 g/mol. The molecule has 4 rings (SSSR count). The smallest absolute Gasteiger partial charge is 0.407 e. The van der Waals surface area contributed by atoms with Crippen molar-refractivity contribution < 1.29 is 19.1 Å². The number of likely N-dealkylation sites (N-methyl/N-ethyl adjacent to an activating group) is 1. The van der Waals surface area contributed by atoms with Gasteiger partial charge in [0.1, 0.15) is 11.3 Å². The maximum absolute atomic E-state index is 12.8. The lowest BCUT2D eigenvalue weighted by Crippen LogP contribution is -2.47. The molecule has 37 heavy (non-hydrogen) atoms. The zero-order valence-corrected chi connectivity index (χ0v) is 21.9. The second-order valence-electron chi connectivity index (χ2n) is 10.3. The van der Waals surface area contributed by atoms with E-state index in [2.05, 4.69) is 27.6 Å². The molecule has 9 nitrogen and oxygen atoms in total. The number of nitrogens with zero attached hydrogens (tertiary/aromatic N) is 2. The fourth-order valence-electron chi connectivity index (χ4n) is 4.18. The van der Waals surface area contributed by atoms with Gasteiger partial charge in [0.25, 0.3) is 11.8 Å². The van der Waals surface area contributed by atoms with Gasteiger partial charge in [-0.05, 0) is 63.2 Å². The number of amides is 3. The Morgan fingerprint density at radius 3 is 2.22 bits per heavy atom. The third-order valence-electron chi connectivity index (χ3n) is 6.20. The minimum absolute atomic E-state index is 0.0661. The summed E-state index contributed by atoms with van der Waals surface area (Å²) in [4.78, 5) is 44.4. The zero-order chi connectivity index (χ0) is 26.6. The van der Waals surface area contributed by atoms with Crippen LogP contribution in [-0.4, -0.2) is 84.6 Å². The number of ether oxygens (including phenoxy) is 1. The summed E-state index contributed by atoms with van der Waals surface area (Å²) in [6.45, 7) is 9.19. The van der Waals surface area contributed by atoms with Gasteiger partial charge in [0.15, 0.2) is 0 Å². The van der Waals surface area contributed by atoms with Crippen LogP contribution in [0.4, 0.5) is 4.79 Å². The van der Waals surface area contributed by atoms with E-state index in [4.69, 9.17) is 4.74 Å². The third-order valence-corrected chi connectivity index (χ3v) is 6.20. The first-order valence-electron chi connectivity index (χ1n) is 12.6. The molecule has 0 radical (unpaired) electrons. The highest BCUT2D eigenvalue weighted by molar-refractivity contribution is 5.99. The summed E-state index contributed by atoms with van der Waals surface area (Å²) in [5, 5.41) is 6.33. The van der Waals surface area contributed by atoms with Crippen LogP contribution in [0.2, 0.25) is 0 Å². The van der Waals surface area contributed by atoms with Crippen molar-refractivity contribution in [1.82, 2.24) is 25.4 Å². The second-order valence-corrected chi connectivity index (χ2v) is 10.3. The maximum atomic E-state index is 12.8. The molecule has 3 N–H and O–H groups in total. The van der Waals surface area contributed by atoms with Crippen molar-refractivity contribution in [2.75, 3.05) is 46.3 Å². The van der Waals surface area contributed by atoms with Crippen molar-refractivity contribution in [3.63, 3.8) is 0 Å². The highest BCUT2D eigenvalue weighted by Crippen LogP contribution is 2.25. The van der Waals surface area contributed by atoms with Crippen LogP contribution in [0.25, 0.3) is 22.0 Å².